The summed E-state index contributed by atoms with van der Waals surface area (Å²) >= 11 is 0. The summed E-state index contributed by atoms with van der Waals surface area (Å²) in [7, 11) is 0. The van der Waals surface area contributed by atoms with Gasteiger partial charge >= 0.3 is 0 Å². The van der Waals surface area contributed by atoms with Crippen LogP contribution in [0.3, 0.4) is 0 Å². The van der Waals surface area contributed by atoms with Gasteiger partial charge in [-0.1, -0.05) is 25.3 Å². The van der Waals surface area contributed by atoms with Gasteiger partial charge in [0.25, 0.3) is 0 Å². The summed E-state index contributed by atoms with van der Waals surface area (Å²) in [5, 5.41) is 10.6. The zero-order valence-electron chi connectivity index (χ0n) is 11.9. The number of aromatic hydroxyl groups is 1. The van der Waals surface area contributed by atoms with Crippen molar-refractivity contribution in [1.82, 2.24) is 0 Å². The Bertz CT molecular complexity index is 481. The Morgan fingerprint density at radius 3 is 2.55 bits per heavy atom. The number of phenolic OH excluding ortho intramolecular Hbond substituents is 1. The van der Waals surface area contributed by atoms with E-state index < -0.39 is 0 Å². The summed E-state index contributed by atoms with van der Waals surface area (Å²) in [6.07, 6.45) is 6.52. The molecule has 0 radical (unpaired) electrons. The maximum absolute atomic E-state index is 10.6. The van der Waals surface area contributed by atoms with Gasteiger partial charge < -0.3 is 20.3 Å². The number of rotatable bonds is 2. The van der Waals surface area contributed by atoms with Crippen LogP contribution in [0.25, 0.3) is 0 Å². The Labute approximate surface area is 119 Å². The van der Waals surface area contributed by atoms with E-state index >= 15 is 0 Å². The van der Waals surface area contributed by atoms with Crippen LogP contribution < -0.4 is 15.2 Å². The van der Waals surface area contributed by atoms with Crippen LogP contribution in [-0.4, -0.2) is 24.9 Å². The van der Waals surface area contributed by atoms with Gasteiger partial charge in [-0.3, -0.25) is 0 Å². The van der Waals surface area contributed by atoms with Crippen molar-refractivity contribution in [2.24, 2.45) is 5.73 Å². The SMILES string of the molecule is NCC1(c2ccc3c(c2O)OCCCO3)CCCCC1. The normalized spacial score (nSPS) is 21.2. The van der Waals surface area contributed by atoms with E-state index in [1.54, 1.807) is 0 Å². The van der Waals surface area contributed by atoms with E-state index in [0.29, 0.717) is 31.3 Å². The standard InChI is InChI=1S/C16H23NO3/c17-11-16(7-2-1-3-8-16)12-5-6-13-15(14(12)18)20-10-4-9-19-13/h5-6,18H,1-4,7-11,17H2. The molecule has 20 heavy (non-hydrogen) atoms. The fraction of sp³-hybridized carbons (Fsp3) is 0.625. The molecule has 1 saturated carbocycles. The average Bonchev–Trinajstić information content (AvgIpc) is 2.74. The Kier molecular flexibility index (Phi) is 3.74. The van der Waals surface area contributed by atoms with Crippen molar-refractivity contribution in [1.29, 1.82) is 0 Å². The van der Waals surface area contributed by atoms with Crippen LogP contribution in [0.4, 0.5) is 0 Å². The van der Waals surface area contributed by atoms with Gasteiger partial charge in [0.05, 0.1) is 13.2 Å². The zero-order chi connectivity index (χ0) is 14.0. The second-order valence-corrected chi connectivity index (χ2v) is 5.88. The van der Waals surface area contributed by atoms with Crippen molar-refractivity contribution in [2.45, 2.75) is 43.9 Å². The molecule has 1 aliphatic heterocycles. The van der Waals surface area contributed by atoms with Gasteiger partial charge in [0.15, 0.2) is 11.5 Å². The third-order valence-corrected chi connectivity index (χ3v) is 4.66. The molecule has 0 amide bonds. The minimum absolute atomic E-state index is 0.104. The number of fused-ring (bicyclic) bond motifs is 1. The summed E-state index contributed by atoms with van der Waals surface area (Å²) in [4.78, 5) is 0. The van der Waals surface area contributed by atoms with Gasteiger partial charge in [-0.25, -0.2) is 0 Å². The predicted octanol–water partition coefficient (Wildman–Crippen LogP) is 2.71. The maximum atomic E-state index is 10.6. The molecule has 4 heteroatoms. The molecule has 0 atom stereocenters. The van der Waals surface area contributed by atoms with Crippen molar-refractivity contribution in [2.75, 3.05) is 19.8 Å². The lowest BCUT2D eigenvalue weighted by Crippen LogP contribution is -2.37. The molecule has 1 fully saturated rings. The molecule has 3 rings (SSSR count). The average molecular weight is 277 g/mol. The summed E-state index contributed by atoms with van der Waals surface area (Å²) in [5.74, 6) is 1.38. The van der Waals surface area contributed by atoms with Gasteiger partial charge in [0.2, 0.25) is 5.75 Å². The first-order valence-electron chi connectivity index (χ1n) is 7.59. The predicted molar refractivity (Wildman–Crippen MR) is 77.5 cm³/mol. The molecule has 1 aliphatic carbocycles. The largest absolute Gasteiger partial charge is 0.504 e. The fourth-order valence-electron chi connectivity index (χ4n) is 3.46. The van der Waals surface area contributed by atoms with Crippen molar-refractivity contribution < 1.29 is 14.6 Å². The van der Waals surface area contributed by atoms with E-state index in [4.69, 9.17) is 15.2 Å². The zero-order valence-corrected chi connectivity index (χ0v) is 11.9. The van der Waals surface area contributed by atoms with Gasteiger partial charge in [-0.05, 0) is 18.9 Å². The molecule has 2 aliphatic rings. The van der Waals surface area contributed by atoms with Gasteiger partial charge in [0.1, 0.15) is 0 Å². The number of nitrogens with two attached hydrogens (primary N) is 1. The van der Waals surface area contributed by atoms with E-state index in [1.165, 1.54) is 19.3 Å². The monoisotopic (exact) mass is 277 g/mol. The Balaban J connectivity index is 2.03. The maximum Gasteiger partial charge on any atom is 0.203 e. The van der Waals surface area contributed by atoms with Crippen molar-refractivity contribution in [3.05, 3.63) is 17.7 Å². The van der Waals surface area contributed by atoms with Crippen LogP contribution in [0.2, 0.25) is 0 Å². The van der Waals surface area contributed by atoms with E-state index in [0.717, 1.165) is 24.8 Å². The molecule has 0 spiro atoms. The highest BCUT2D eigenvalue weighted by Crippen LogP contribution is 2.48. The number of benzene rings is 1. The molecule has 0 bridgehead atoms. The quantitative estimate of drug-likeness (QED) is 0.872. The van der Waals surface area contributed by atoms with E-state index in [2.05, 4.69) is 0 Å². The van der Waals surface area contributed by atoms with Crippen LogP contribution >= 0.6 is 0 Å². The Morgan fingerprint density at radius 1 is 1.05 bits per heavy atom. The van der Waals surface area contributed by atoms with Crippen molar-refractivity contribution >= 4 is 0 Å². The van der Waals surface area contributed by atoms with Crippen LogP contribution in [0.5, 0.6) is 17.2 Å². The summed E-state index contributed by atoms with van der Waals surface area (Å²) in [6.45, 7) is 1.79. The number of phenols is 1. The lowest BCUT2D eigenvalue weighted by atomic mass is 9.69. The Hall–Kier alpha value is -1.42. The van der Waals surface area contributed by atoms with E-state index in [9.17, 15) is 5.11 Å². The smallest absolute Gasteiger partial charge is 0.203 e. The minimum atomic E-state index is -0.104. The fourth-order valence-corrected chi connectivity index (χ4v) is 3.46. The molecule has 110 valence electrons. The van der Waals surface area contributed by atoms with Crippen LogP contribution in [0.15, 0.2) is 12.1 Å². The molecule has 1 heterocycles. The molecule has 4 nitrogen and oxygen atoms in total. The molecule has 0 saturated heterocycles. The van der Waals surface area contributed by atoms with Crippen molar-refractivity contribution in [3.8, 4) is 17.2 Å². The number of hydrogen-bond acceptors (Lipinski definition) is 4. The van der Waals surface area contributed by atoms with Gasteiger partial charge in [-0.2, -0.15) is 0 Å². The second-order valence-electron chi connectivity index (χ2n) is 5.88. The summed E-state index contributed by atoms with van der Waals surface area (Å²) in [5.41, 5.74) is 6.89. The molecular formula is C16H23NO3. The lowest BCUT2D eigenvalue weighted by molar-refractivity contribution is 0.275. The highest BCUT2D eigenvalue weighted by atomic mass is 16.5. The van der Waals surface area contributed by atoms with E-state index in [-0.39, 0.29) is 11.2 Å². The second kappa shape index (κ2) is 5.52. The third kappa shape index (κ3) is 2.22. The third-order valence-electron chi connectivity index (χ3n) is 4.66. The summed E-state index contributed by atoms with van der Waals surface area (Å²) < 4.78 is 11.3. The number of ether oxygens (including phenoxy) is 2. The topological polar surface area (TPSA) is 64.7 Å². The molecule has 3 N–H and O–H groups in total. The molecule has 1 aromatic carbocycles. The van der Waals surface area contributed by atoms with Gasteiger partial charge in [0, 0.05) is 23.9 Å². The Morgan fingerprint density at radius 2 is 1.80 bits per heavy atom. The minimum Gasteiger partial charge on any atom is -0.504 e. The molecule has 0 aromatic heterocycles. The van der Waals surface area contributed by atoms with Gasteiger partial charge in [-0.15, -0.1) is 0 Å². The molecular weight excluding hydrogens is 254 g/mol. The van der Waals surface area contributed by atoms with E-state index in [1.807, 2.05) is 12.1 Å². The lowest BCUT2D eigenvalue weighted by Gasteiger charge is -2.37. The number of hydrogen-bond donors (Lipinski definition) is 2. The highest BCUT2D eigenvalue weighted by molar-refractivity contribution is 5.57. The van der Waals surface area contributed by atoms with Crippen LogP contribution in [-0.2, 0) is 5.41 Å². The summed E-state index contributed by atoms with van der Waals surface area (Å²) in [6, 6.07) is 3.89. The first kappa shape index (κ1) is 13.6. The first-order valence-corrected chi connectivity index (χ1v) is 7.59. The molecule has 1 aromatic rings. The molecule has 0 unspecified atom stereocenters. The van der Waals surface area contributed by atoms with Crippen LogP contribution in [0.1, 0.15) is 44.1 Å². The first-order chi connectivity index (χ1) is 9.77. The van der Waals surface area contributed by atoms with Crippen molar-refractivity contribution in [3.63, 3.8) is 0 Å². The highest BCUT2D eigenvalue weighted by Gasteiger charge is 2.36. The van der Waals surface area contributed by atoms with Crippen LogP contribution in [0, 0.1) is 0 Å².